The van der Waals surface area contributed by atoms with Crippen LogP contribution in [0.5, 0.6) is 0 Å². The zero-order valence-electron chi connectivity index (χ0n) is 23.3. The maximum absolute atomic E-state index is 15.7. The van der Waals surface area contributed by atoms with Crippen LogP contribution in [-0.2, 0) is 29.9 Å². The van der Waals surface area contributed by atoms with E-state index in [1.54, 1.807) is 24.2 Å². The van der Waals surface area contributed by atoms with Gasteiger partial charge in [-0.3, -0.25) is 14.6 Å². The van der Waals surface area contributed by atoms with Crippen LogP contribution in [0.25, 0.3) is 22.0 Å². The molecule has 3 aliphatic rings. The van der Waals surface area contributed by atoms with Gasteiger partial charge in [0, 0.05) is 60.5 Å². The summed E-state index contributed by atoms with van der Waals surface area (Å²) in [5, 5.41) is 0.667. The van der Waals surface area contributed by atoms with E-state index in [0.717, 1.165) is 12.0 Å². The lowest BCUT2D eigenvalue weighted by Gasteiger charge is -2.44. The molecule has 0 atom stereocenters. The first-order chi connectivity index (χ1) is 19.5. The van der Waals surface area contributed by atoms with Crippen molar-refractivity contribution in [1.29, 1.82) is 0 Å². The summed E-state index contributed by atoms with van der Waals surface area (Å²) in [5.74, 6) is -0.598. The molecule has 1 aliphatic carbocycles. The minimum Gasteiger partial charge on any atom is -0.351 e. The number of hydrogen-bond donors (Lipinski definition) is 0. The quantitative estimate of drug-likeness (QED) is 0.292. The number of nitrogens with zero attached hydrogens (tertiary/aromatic N) is 6. The van der Waals surface area contributed by atoms with E-state index >= 15 is 4.39 Å². The van der Waals surface area contributed by atoms with Crippen LogP contribution in [-0.4, -0.2) is 81.7 Å². The Bertz CT molecular complexity index is 1690. The van der Waals surface area contributed by atoms with Crippen molar-refractivity contribution in [2.45, 2.75) is 37.6 Å². The number of likely N-dealkylation sites (N-methyl/N-ethyl adjacent to an activating group) is 2. The molecule has 13 heteroatoms. The first kappa shape index (κ1) is 27.3. The van der Waals surface area contributed by atoms with Crippen molar-refractivity contribution < 1.29 is 27.2 Å². The second kappa shape index (κ2) is 9.62. The van der Waals surface area contributed by atoms with Crippen LogP contribution in [0.2, 0.25) is 0 Å². The highest BCUT2D eigenvalue weighted by molar-refractivity contribution is 7.92. The maximum Gasteiger partial charge on any atom is 0.322 e. The highest BCUT2D eigenvalue weighted by atomic mass is 32.2. The summed E-state index contributed by atoms with van der Waals surface area (Å²) in [6.45, 7) is 2.64. The van der Waals surface area contributed by atoms with Crippen molar-refractivity contribution in [2.24, 2.45) is 0 Å². The second-order valence-corrected chi connectivity index (χ2v) is 13.2. The predicted octanol–water partition coefficient (Wildman–Crippen LogP) is 2.83. The molecule has 0 radical (unpaired) electrons. The molecule has 6 rings (SSSR count). The van der Waals surface area contributed by atoms with Gasteiger partial charge in [0.15, 0.2) is 5.82 Å². The SMILES string of the molecule is CCS(=O)(=O)N(OC=O)c1cc(-c2cc3c4c(cnc3cc2F)N(C)C(=O)C42CCC2)cnc1N1CC(N(C)C)C1. The molecule has 41 heavy (non-hydrogen) atoms. The largest absolute Gasteiger partial charge is 0.351 e. The van der Waals surface area contributed by atoms with Crippen LogP contribution in [0.3, 0.4) is 0 Å². The molecular weight excluding hydrogens is 551 g/mol. The Morgan fingerprint density at radius 2 is 1.90 bits per heavy atom. The van der Waals surface area contributed by atoms with E-state index in [9.17, 15) is 18.0 Å². The molecule has 4 heterocycles. The standard InChI is InChI=1S/C28H31FN6O5S/c1-5-41(38,39)35(40-16-36)23-9-17(12-31-26(23)34-14-18(15-34)32(2)3)19-10-20-22(11-21(19)29)30-13-24-25(20)28(7-6-8-28)27(37)33(24)4/h9-13,16,18H,5-8,14-15H2,1-4H3. The fourth-order valence-corrected chi connectivity index (χ4v) is 6.90. The van der Waals surface area contributed by atoms with Crippen LogP contribution in [0, 0.1) is 5.82 Å². The van der Waals surface area contributed by atoms with Crippen LogP contribution in [0.15, 0.2) is 30.6 Å². The second-order valence-electron chi connectivity index (χ2n) is 11.1. The number of amides is 1. The molecule has 0 bridgehead atoms. The number of hydrogen-bond acceptors (Lipinski definition) is 9. The lowest BCUT2D eigenvalue weighted by molar-refractivity contribution is -0.128. The fraction of sp³-hybridized carbons (Fsp3) is 0.429. The Morgan fingerprint density at radius 1 is 1.17 bits per heavy atom. The van der Waals surface area contributed by atoms with Gasteiger partial charge in [-0.05, 0) is 46.0 Å². The first-order valence-electron chi connectivity index (χ1n) is 13.5. The maximum atomic E-state index is 15.7. The van der Waals surface area contributed by atoms with Gasteiger partial charge >= 0.3 is 6.47 Å². The van der Waals surface area contributed by atoms with Crippen molar-refractivity contribution in [1.82, 2.24) is 14.9 Å². The number of sulfonamides is 1. The molecule has 0 N–H and O–H groups in total. The minimum atomic E-state index is -4.06. The number of aromatic nitrogens is 2. The van der Waals surface area contributed by atoms with Crippen molar-refractivity contribution in [3.63, 3.8) is 0 Å². The molecular formula is C28H31FN6O5S. The zero-order valence-corrected chi connectivity index (χ0v) is 24.1. The van der Waals surface area contributed by atoms with Crippen LogP contribution < -0.4 is 14.3 Å². The van der Waals surface area contributed by atoms with Gasteiger partial charge in [0.25, 0.3) is 10.0 Å². The molecule has 3 aromatic rings. The van der Waals surface area contributed by atoms with Crippen molar-refractivity contribution in [2.75, 3.05) is 54.3 Å². The van der Waals surface area contributed by atoms with E-state index in [0.29, 0.717) is 52.8 Å². The van der Waals surface area contributed by atoms with Gasteiger partial charge in [0.2, 0.25) is 5.91 Å². The number of carbonyl (C=O) groups is 2. The van der Waals surface area contributed by atoms with E-state index in [-0.39, 0.29) is 41.0 Å². The van der Waals surface area contributed by atoms with Crippen molar-refractivity contribution in [3.8, 4) is 11.1 Å². The molecule has 2 fully saturated rings. The highest BCUT2D eigenvalue weighted by Crippen LogP contribution is 2.55. The third-order valence-electron chi connectivity index (χ3n) is 8.70. The third kappa shape index (κ3) is 4.04. The van der Waals surface area contributed by atoms with E-state index in [4.69, 9.17) is 4.84 Å². The Morgan fingerprint density at radius 3 is 2.51 bits per heavy atom. The molecule has 1 aromatic carbocycles. The van der Waals surface area contributed by atoms with Gasteiger partial charge < -0.3 is 19.5 Å². The van der Waals surface area contributed by atoms with Crippen molar-refractivity contribution in [3.05, 3.63) is 42.0 Å². The van der Waals surface area contributed by atoms with Gasteiger partial charge in [0.1, 0.15) is 11.5 Å². The number of fused-ring (bicyclic) bond motifs is 4. The molecule has 1 saturated heterocycles. The Labute approximate surface area is 237 Å². The van der Waals surface area contributed by atoms with Gasteiger partial charge in [-0.1, -0.05) is 10.9 Å². The zero-order chi connectivity index (χ0) is 29.3. The molecule has 1 amide bonds. The van der Waals surface area contributed by atoms with Gasteiger partial charge in [0.05, 0.1) is 28.6 Å². The lowest BCUT2D eigenvalue weighted by atomic mass is 9.64. The summed E-state index contributed by atoms with van der Waals surface area (Å²) >= 11 is 0. The van der Waals surface area contributed by atoms with Crippen molar-refractivity contribution >= 4 is 50.5 Å². The Hall–Kier alpha value is -3.84. The van der Waals surface area contributed by atoms with E-state index in [1.165, 1.54) is 25.3 Å². The molecule has 1 saturated carbocycles. The molecule has 2 aromatic heterocycles. The number of anilines is 3. The first-order valence-corrected chi connectivity index (χ1v) is 15.1. The minimum absolute atomic E-state index is 0.00921. The van der Waals surface area contributed by atoms with Gasteiger partial charge in [-0.25, -0.2) is 17.8 Å². The van der Waals surface area contributed by atoms with E-state index in [1.807, 2.05) is 19.0 Å². The summed E-state index contributed by atoms with van der Waals surface area (Å²) in [7, 11) is 1.57. The number of pyridine rings is 2. The van der Waals surface area contributed by atoms with Crippen LogP contribution in [0.4, 0.5) is 21.6 Å². The smallest absolute Gasteiger partial charge is 0.322 e. The van der Waals surface area contributed by atoms with Gasteiger partial charge in [-0.2, -0.15) is 0 Å². The number of carbonyl (C=O) groups excluding carboxylic acids is 2. The van der Waals surface area contributed by atoms with Gasteiger partial charge in [-0.15, -0.1) is 0 Å². The third-order valence-corrected chi connectivity index (χ3v) is 10.2. The molecule has 216 valence electrons. The Kier molecular flexibility index (Phi) is 6.42. The van der Waals surface area contributed by atoms with Crippen LogP contribution >= 0.6 is 0 Å². The predicted molar refractivity (Wildman–Crippen MR) is 153 cm³/mol. The number of benzene rings is 1. The molecule has 1 spiro atoms. The lowest BCUT2D eigenvalue weighted by Crippen LogP contribution is -2.58. The van der Waals surface area contributed by atoms with E-state index in [2.05, 4.69) is 14.9 Å². The summed E-state index contributed by atoms with van der Waals surface area (Å²) in [6.07, 6.45) is 5.46. The fourth-order valence-electron chi connectivity index (χ4n) is 6.07. The number of halogens is 1. The average Bonchev–Trinajstić information content (AvgIpc) is 3.13. The van der Waals surface area contributed by atoms with Crippen LogP contribution in [0.1, 0.15) is 31.7 Å². The summed E-state index contributed by atoms with van der Waals surface area (Å²) in [5.41, 5.74) is 1.81. The molecule has 0 unspecified atom stereocenters. The summed E-state index contributed by atoms with van der Waals surface area (Å²) < 4.78 is 42.2. The molecule has 2 aliphatic heterocycles. The molecule has 11 nitrogen and oxygen atoms in total. The summed E-state index contributed by atoms with van der Waals surface area (Å²) in [4.78, 5) is 44.2. The highest BCUT2D eigenvalue weighted by Gasteiger charge is 2.54. The average molecular weight is 583 g/mol. The summed E-state index contributed by atoms with van der Waals surface area (Å²) in [6, 6.07) is 4.70. The normalized spacial score (nSPS) is 18.0. The van der Waals surface area contributed by atoms with E-state index < -0.39 is 21.3 Å². The Balaban J connectivity index is 1.52. The monoisotopic (exact) mass is 582 g/mol. The number of rotatable bonds is 8. The topological polar surface area (TPSA) is 116 Å².